The molecule has 6 rings (SSSR count). The van der Waals surface area contributed by atoms with Crippen molar-refractivity contribution in [1.82, 2.24) is 0 Å². The van der Waals surface area contributed by atoms with Crippen LogP contribution in [0.3, 0.4) is 0 Å². The van der Waals surface area contributed by atoms with Crippen LogP contribution >= 0.6 is 0 Å². The minimum atomic E-state index is -0.610. The van der Waals surface area contributed by atoms with E-state index in [4.69, 9.17) is 24.4 Å². The second-order valence-corrected chi connectivity index (χ2v) is 10.1. The summed E-state index contributed by atoms with van der Waals surface area (Å²) in [6.07, 6.45) is 0.883. The number of carbonyl (C=O) groups excluding carboxylic acids is 1. The van der Waals surface area contributed by atoms with Gasteiger partial charge in [0.25, 0.3) is 0 Å². The maximum atomic E-state index is 13.1. The third kappa shape index (κ3) is 5.06. The Morgan fingerprint density at radius 1 is 0.952 bits per heavy atom. The first-order valence-corrected chi connectivity index (χ1v) is 13.7. The topological polar surface area (TPSA) is 108 Å². The van der Waals surface area contributed by atoms with Gasteiger partial charge in [0, 0.05) is 22.6 Å². The molecule has 1 aliphatic rings. The summed E-state index contributed by atoms with van der Waals surface area (Å²) < 4.78 is 23.3. The van der Waals surface area contributed by atoms with Crippen LogP contribution in [-0.2, 0) is 13.0 Å². The van der Waals surface area contributed by atoms with Crippen LogP contribution in [0.5, 0.6) is 17.2 Å². The molecule has 0 spiro atoms. The van der Waals surface area contributed by atoms with E-state index in [0.29, 0.717) is 29.3 Å². The SMILES string of the molecule is CCc1ccc2oc(C(=O)Oc3ccc4c(c3)OC(N)=C(C#N)C4c3ccc(OCc4ccccc4)cc3)c(C)c2c1. The van der Waals surface area contributed by atoms with Gasteiger partial charge >= 0.3 is 5.97 Å². The maximum Gasteiger partial charge on any atom is 0.379 e. The number of ether oxygens (including phenoxy) is 3. The van der Waals surface area contributed by atoms with Crippen LogP contribution in [0.25, 0.3) is 11.0 Å². The van der Waals surface area contributed by atoms with Crippen molar-refractivity contribution in [3.63, 3.8) is 0 Å². The lowest BCUT2D eigenvalue weighted by atomic mass is 9.83. The number of furan rings is 1. The smallest absolute Gasteiger partial charge is 0.379 e. The molecule has 0 saturated heterocycles. The van der Waals surface area contributed by atoms with Gasteiger partial charge in [-0.3, -0.25) is 0 Å². The molecule has 2 heterocycles. The second-order valence-electron chi connectivity index (χ2n) is 10.1. The number of aryl methyl sites for hydroxylation is 2. The van der Waals surface area contributed by atoms with Gasteiger partial charge in [-0.15, -0.1) is 0 Å². The van der Waals surface area contributed by atoms with E-state index < -0.39 is 11.9 Å². The van der Waals surface area contributed by atoms with Gasteiger partial charge < -0.3 is 24.4 Å². The molecule has 42 heavy (non-hydrogen) atoms. The van der Waals surface area contributed by atoms with Gasteiger partial charge in [-0.05, 0) is 60.4 Å². The molecule has 0 fully saturated rings. The van der Waals surface area contributed by atoms with E-state index in [1.807, 2.05) is 79.7 Å². The van der Waals surface area contributed by atoms with Crippen LogP contribution < -0.4 is 19.9 Å². The van der Waals surface area contributed by atoms with Gasteiger partial charge in [0.1, 0.15) is 41.1 Å². The van der Waals surface area contributed by atoms with Crippen LogP contribution in [0.1, 0.15) is 51.2 Å². The summed E-state index contributed by atoms with van der Waals surface area (Å²) >= 11 is 0. The van der Waals surface area contributed by atoms with Crippen molar-refractivity contribution < 1.29 is 23.4 Å². The fourth-order valence-electron chi connectivity index (χ4n) is 5.18. The molecule has 0 radical (unpaired) electrons. The third-order valence-corrected chi connectivity index (χ3v) is 7.46. The van der Waals surface area contributed by atoms with Crippen LogP contribution in [0.2, 0.25) is 0 Å². The highest BCUT2D eigenvalue weighted by atomic mass is 16.5. The highest BCUT2D eigenvalue weighted by Gasteiger charge is 2.31. The quantitative estimate of drug-likeness (QED) is 0.165. The predicted octanol–water partition coefficient (Wildman–Crippen LogP) is 7.32. The monoisotopic (exact) mass is 556 g/mol. The summed E-state index contributed by atoms with van der Waals surface area (Å²) in [5, 5.41) is 10.8. The second kappa shape index (κ2) is 11.2. The van der Waals surface area contributed by atoms with E-state index in [-0.39, 0.29) is 17.4 Å². The molecule has 4 aromatic carbocycles. The number of hydrogen-bond donors (Lipinski definition) is 1. The van der Waals surface area contributed by atoms with Crippen molar-refractivity contribution >= 4 is 16.9 Å². The Hall–Kier alpha value is -5.48. The molecule has 1 unspecified atom stereocenters. The normalized spacial score (nSPS) is 14.2. The summed E-state index contributed by atoms with van der Waals surface area (Å²) in [6.45, 7) is 4.37. The van der Waals surface area contributed by atoms with Gasteiger partial charge in [-0.1, -0.05) is 61.5 Å². The predicted molar refractivity (Wildman–Crippen MR) is 158 cm³/mol. The largest absolute Gasteiger partial charge is 0.489 e. The van der Waals surface area contributed by atoms with E-state index in [1.165, 1.54) is 0 Å². The van der Waals surface area contributed by atoms with Gasteiger partial charge in [-0.2, -0.15) is 5.26 Å². The first-order valence-electron chi connectivity index (χ1n) is 13.7. The Labute approximate surface area is 243 Å². The Bertz CT molecular complexity index is 1860. The fraction of sp³-hybridized carbons (Fsp3) is 0.143. The molecule has 1 atom stereocenters. The number of nitrogens with two attached hydrogens (primary N) is 1. The zero-order chi connectivity index (χ0) is 29.2. The lowest BCUT2D eigenvalue weighted by Gasteiger charge is -2.26. The molecule has 0 amide bonds. The average molecular weight is 557 g/mol. The summed E-state index contributed by atoms with van der Waals surface area (Å²) in [7, 11) is 0. The van der Waals surface area contributed by atoms with Gasteiger partial charge in [0.15, 0.2) is 0 Å². The fourth-order valence-corrected chi connectivity index (χ4v) is 5.18. The Kier molecular flexibility index (Phi) is 7.12. The van der Waals surface area contributed by atoms with Crippen molar-refractivity contribution in [2.75, 3.05) is 0 Å². The van der Waals surface area contributed by atoms with Gasteiger partial charge in [0.2, 0.25) is 11.6 Å². The number of nitrogens with zero attached hydrogens (tertiary/aromatic N) is 1. The molecule has 208 valence electrons. The van der Waals surface area contributed by atoms with Crippen LogP contribution in [-0.4, -0.2) is 5.97 Å². The molecular formula is C35H28N2O5. The zero-order valence-electron chi connectivity index (χ0n) is 23.2. The van der Waals surface area contributed by atoms with Crippen molar-refractivity contribution in [2.45, 2.75) is 32.8 Å². The molecule has 2 N–H and O–H groups in total. The van der Waals surface area contributed by atoms with Gasteiger partial charge in [-0.25, -0.2) is 4.79 Å². The number of hydrogen-bond acceptors (Lipinski definition) is 7. The third-order valence-electron chi connectivity index (χ3n) is 7.46. The van der Waals surface area contributed by atoms with Gasteiger partial charge in [0.05, 0.1) is 5.92 Å². The summed E-state index contributed by atoms with van der Waals surface area (Å²) in [4.78, 5) is 13.1. The number of nitriles is 1. The van der Waals surface area contributed by atoms with E-state index in [2.05, 4.69) is 13.0 Å². The van der Waals surface area contributed by atoms with Crippen LogP contribution in [0.15, 0.2) is 107 Å². The van der Waals surface area contributed by atoms with Crippen LogP contribution in [0, 0.1) is 18.3 Å². The minimum absolute atomic E-state index is 0.00253. The summed E-state index contributed by atoms with van der Waals surface area (Å²) in [6, 6.07) is 30.6. The number of allylic oxidation sites excluding steroid dienone is 1. The molecule has 0 saturated carbocycles. The number of benzene rings is 4. The first-order chi connectivity index (χ1) is 20.4. The van der Waals surface area contributed by atoms with E-state index in [1.54, 1.807) is 18.2 Å². The number of esters is 1. The molecular weight excluding hydrogens is 528 g/mol. The molecule has 1 aromatic heterocycles. The molecule has 0 aliphatic carbocycles. The van der Waals surface area contributed by atoms with Crippen molar-refractivity contribution in [2.24, 2.45) is 5.73 Å². The van der Waals surface area contributed by atoms with E-state index >= 15 is 0 Å². The highest BCUT2D eigenvalue weighted by molar-refractivity contribution is 5.97. The van der Waals surface area contributed by atoms with Crippen LogP contribution in [0.4, 0.5) is 0 Å². The molecule has 0 bridgehead atoms. The molecule has 7 heteroatoms. The molecule has 5 aromatic rings. The van der Waals surface area contributed by atoms with E-state index in [9.17, 15) is 10.1 Å². The summed E-state index contributed by atoms with van der Waals surface area (Å²) in [5.74, 6) is 0.459. The standard InChI is InChI=1S/C35H28N2O5/c1-3-22-9-16-30-28(17-22)21(2)33(41-30)35(38)40-26-14-15-27-31(18-26)42-34(37)29(19-36)32(27)24-10-12-25(13-11-24)39-20-23-7-5-4-6-8-23/h4-18,32H,3,20,37H2,1-2H3. The molecule has 1 aliphatic heterocycles. The summed E-state index contributed by atoms with van der Waals surface area (Å²) in [5.41, 5.74) is 11.6. The lowest BCUT2D eigenvalue weighted by Crippen LogP contribution is -2.21. The Balaban J connectivity index is 1.24. The average Bonchev–Trinajstić information content (AvgIpc) is 3.35. The maximum absolute atomic E-state index is 13.1. The number of rotatable bonds is 7. The number of fused-ring (bicyclic) bond motifs is 2. The van der Waals surface area contributed by atoms with Crippen molar-refractivity contribution in [3.05, 3.63) is 136 Å². The van der Waals surface area contributed by atoms with Crippen molar-refractivity contribution in [3.8, 4) is 23.3 Å². The lowest BCUT2D eigenvalue weighted by molar-refractivity contribution is 0.0702. The number of carbonyl (C=O) groups is 1. The van der Waals surface area contributed by atoms with E-state index in [0.717, 1.165) is 39.6 Å². The minimum Gasteiger partial charge on any atom is -0.489 e. The zero-order valence-corrected chi connectivity index (χ0v) is 23.2. The highest BCUT2D eigenvalue weighted by Crippen LogP contribution is 2.44. The first kappa shape index (κ1) is 26.7. The molecule has 7 nitrogen and oxygen atoms in total. The van der Waals surface area contributed by atoms with Crippen molar-refractivity contribution in [1.29, 1.82) is 5.26 Å². The Morgan fingerprint density at radius 2 is 1.71 bits per heavy atom. The Morgan fingerprint density at radius 3 is 2.45 bits per heavy atom.